The van der Waals surface area contributed by atoms with E-state index in [2.05, 4.69) is 44.8 Å². The fourth-order valence-electron chi connectivity index (χ4n) is 7.73. The number of aromatic nitrogens is 1. The first-order chi connectivity index (χ1) is 29.7. The van der Waals surface area contributed by atoms with Gasteiger partial charge in [-0.15, -0.1) is 0 Å². The van der Waals surface area contributed by atoms with Crippen molar-refractivity contribution in [3.63, 3.8) is 0 Å². The molecule has 5 aromatic carbocycles. The monoisotopic (exact) mass is 824 g/mol. The Morgan fingerprint density at radius 2 is 1.54 bits per heavy atom. The smallest absolute Gasteiger partial charge is 0.347 e. The Morgan fingerprint density at radius 3 is 2.30 bits per heavy atom. The average molecular weight is 825 g/mol. The van der Waals surface area contributed by atoms with Crippen LogP contribution in [0.1, 0.15) is 57.1 Å². The number of aromatic hydroxyl groups is 1. The standard InChI is InChI=1S/C49H52N4O8/c54-43-20-18-41(42-19-21-45(56)52-46(42)43)44(55)31-50-25-22-34-14-16-37(17-15-34)47(57)51-26-29-60-40-13-7-12-39(30-40)49(59,38-10-5-2-6-11-38)48(58)61-33-36-23-27-53(28-24-36)32-35-8-3-1-4-9-35/h1-21,30,36,44,50,54-55,59H,22-29,31-33H2,(H,51,57)(H,52,56)/t44-,49-/m0/s1. The number of fused-ring (bicyclic) bond motifs is 1. The van der Waals surface area contributed by atoms with Crippen molar-refractivity contribution in [3.05, 3.63) is 177 Å². The van der Waals surface area contributed by atoms with Gasteiger partial charge in [0.2, 0.25) is 11.2 Å². The summed E-state index contributed by atoms with van der Waals surface area (Å²) in [6.07, 6.45) is 1.60. The van der Waals surface area contributed by atoms with E-state index in [0.29, 0.717) is 46.4 Å². The second-order valence-corrected chi connectivity index (χ2v) is 15.5. The highest BCUT2D eigenvalue weighted by Gasteiger charge is 2.42. The molecule has 1 aliphatic heterocycles. The molecule has 0 radical (unpaired) electrons. The minimum absolute atomic E-state index is 0.0596. The van der Waals surface area contributed by atoms with Crippen LogP contribution in [0.3, 0.4) is 0 Å². The SMILES string of the molecule is O=C(NCCOc1cccc([C@](O)(C(=O)OCC2CCN(Cc3ccccc3)CC2)c2ccccc2)c1)c1ccc(CCNC[C@H](O)c2ccc(O)c3[nH]c(=O)ccc23)cc1. The number of nitrogens with one attached hydrogen (secondary N) is 3. The fraction of sp³-hybridized carbons (Fsp3) is 0.286. The molecule has 7 rings (SSSR count). The third-order valence-electron chi connectivity index (χ3n) is 11.2. The average Bonchev–Trinajstić information content (AvgIpc) is 3.29. The number of phenols is 1. The summed E-state index contributed by atoms with van der Waals surface area (Å²) in [6, 6.07) is 39.2. The van der Waals surface area contributed by atoms with E-state index in [-0.39, 0.29) is 55.0 Å². The minimum atomic E-state index is -2.06. The number of nitrogens with zero attached hydrogens (tertiary/aromatic N) is 1. The zero-order chi connectivity index (χ0) is 42.6. The van der Waals surface area contributed by atoms with Crippen molar-refractivity contribution in [3.8, 4) is 11.5 Å². The van der Waals surface area contributed by atoms with Gasteiger partial charge in [0.15, 0.2) is 0 Å². The molecular weight excluding hydrogens is 773 g/mol. The van der Waals surface area contributed by atoms with Crippen molar-refractivity contribution in [1.82, 2.24) is 20.5 Å². The van der Waals surface area contributed by atoms with Crippen LogP contribution in [0.15, 0.2) is 138 Å². The van der Waals surface area contributed by atoms with Crippen molar-refractivity contribution in [2.24, 2.45) is 5.92 Å². The summed E-state index contributed by atoms with van der Waals surface area (Å²) in [7, 11) is 0. The number of rotatable bonds is 18. The molecular formula is C49H52N4O8. The summed E-state index contributed by atoms with van der Waals surface area (Å²) >= 11 is 0. The number of pyridine rings is 1. The maximum Gasteiger partial charge on any atom is 0.347 e. The molecule has 0 aliphatic carbocycles. The van der Waals surface area contributed by atoms with Crippen molar-refractivity contribution in [2.75, 3.05) is 45.9 Å². The Balaban J connectivity index is 0.860. The Hall–Kier alpha value is -6.31. The van der Waals surface area contributed by atoms with Gasteiger partial charge in [-0.1, -0.05) is 91.0 Å². The highest BCUT2D eigenvalue weighted by atomic mass is 16.5. The molecule has 2 heterocycles. The topological polar surface area (TPSA) is 173 Å². The first-order valence-electron chi connectivity index (χ1n) is 20.7. The molecule has 0 spiro atoms. The largest absolute Gasteiger partial charge is 0.506 e. The highest BCUT2D eigenvalue weighted by molar-refractivity contribution is 5.94. The quantitative estimate of drug-likeness (QED) is 0.0474. The van der Waals surface area contributed by atoms with E-state index in [9.17, 15) is 29.7 Å². The molecule has 2 atom stereocenters. The normalized spacial score (nSPS) is 14.9. The maximum atomic E-state index is 13.8. The number of likely N-dealkylation sites (tertiary alicyclic amines) is 1. The number of aromatic amines is 1. The lowest BCUT2D eigenvalue weighted by atomic mass is 9.86. The number of piperidine rings is 1. The van der Waals surface area contributed by atoms with Gasteiger partial charge in [0.25, 0.3) is 5.91 Å². The Bertz CT molecular complexity index is 2440. The minimum Gasteiger partial charge on any atom is -0.506 e. The van der Waals surface area contributed by atoms with E-state index in [1.165, 1.54) is 17.7 Å². The van der Waals surface area contributed by atoms with Gasteiger partial charge in [-0.25, -0.2) is 4.79 Å². The van der Waals surface area contributed by atoms with Gasteiger partial charge >= 0.3 is 5.97 Å². The highest BCUT2D eigenvalue weighted by Crippen LogP contribution is 2.34. The molecule has 1 aliphatic rings. The lowest BCUT2D eigenvalue weighted by Crippen LogP contribution is -2.40. The fourth-order valence-corrected chi connectivity index (χ4v) is 7.73. The van der Waals surface area contributed by atoms with Crippen molar-refractivity contribution in [2.45, 2.75) is 37.5 Å². The van der Waals surface area contributed by atoms with Crippen molar-refractivity contribution >= 4 is 22.8 Å². The second kappa shape index (κ2) is 20.3. The second-order valence-electron chi connectivity index (χ2n) is 15.5. The van der Waals surface area contributed by atoms with E-state index >= 15 is 0 Å². The maximum absolute atomic E-state index is 13.8. The van der Waals surface area contributed by atoms with Crippen LogP contribution >= 0.6 is 0 Å². The number of carbonyl (C=O) groups excluding carboxylic acids is 2. The molecule has 1 fully saturated rings. The van der Waals surface area contributed by atoms with Crippen LogP contribution in [0.2, 0.25) is 0 Å². The first kappa shape index (κ1) is 42.8. The van der Waals surface area contributed by atoms with Gasteiger partial charge in [0, 0.05) is 35.7 Å². The summed E-state index contributed by atoms with van der Waals surface area (Å²) < 4.78 is 11.8. The lowest BCUT2D eigenvalue weighted by molar-refractivity contribution is -0.164. The Morgan fingerprint density at radius 1 is 0.820 bits per heavy atom. The number of carbonyl (C=O) groups is 2. The van der Waals surface area contributed by atoms with Gasteiger partial charge < -0.3 is 40.4 Å². The number of esters is 1. The zero-order valence-corrected chi connectivity index (χ0v) is 34.0. The molecule has 1 saturated heterocycles. The summed E-state index contributed by atoms with van der Waals surface area (Å²) in [5.41, 5.74) is 1.98. The molecule has 12 nitrogen and oxygen atoms in total. The van der Waals surface area contributed by atoms with E-state index in [4.69, 9.17) is 9.47 Å². The third-order valence-corrected chi connectivity index (χ3v) is 11.2. The number of benzene rings is 5. The van der Waals surface area contributed by atoms with Crippen molar-refractivity contribution in [1.29, 1.82) is 0 Å². The molecule has 0 bridgehead atoms. The number of phenolic OH excluding ortho intramolecular Hbond substituents is 1. The van der Waals surface area contributed by atoms with Gasteiger partial charge in [0.05, 0.1) is 24.8 Å². The summed E-state index contributed by atoms with van der Waals surface area (Å²) in [6.45, 7) is 4.16. The number of ether oxygens (including phenoxy) is 2. The third kappa shape index (κ3) is 10.9. The van der Waals surface area contributed by atoms with E-state index in [1.807, 2.05) is 24.3 Å². The molecule has 1 aromatic heterocycles. The van der Waals surface area contributed by atoms with Gasteiger partial charge in [-0.2, -0.15) is 0 Å². The number of H-pyrrole nitrogens is 1. The summed E-state index contributed by atoms with van der Waals surface area (Å²) in [5.74, 6) is -0.426. The molecule has 61 heavy (non-hydrogen) atoms. The van der Waals surface area contributed by atoms with Gasteiger partial charge in [-0.05, 0) is 103 Å². The summed E-state index contributed by atoms with van der Waals surface area (Å²) in [5, 5.41) is 39.7. The Labute approximate surface area is 354 Å². The van der Waals surface area contributed by atoms with E-state index < -0.39 is 17.7 Å². The van der Waals surface area contributed by atoms with Crippen molar-refractivity contribution < 1.29 is 34.4 Å². The molecule has 0 saturated carbocycles. The molecule has 1 amide bonds. The molecule has 316 valence electrons. The lowest BCUT2D eigenvalue weighted by Gasteiger charge is -2.33. The number of hydrogen-bond acceptors (Lipinski definition) is 10. The van der Waals surface area contributed by atoms with Crippen LogP contribution in [0.4, 0.5) is 0 Å². The molecule has 0 unspecified atom stereocenters. The van der Waals surface area contributed by atoms with Crippen LogP contribution in [0.25, 0.3) is 10.9 Å². The van der Waals surface area contributed by atoms with Crippen LogP contribution in [-0.2, 0) is 28.1 Å². The van der Waals surface area contributed by atoms with Crippen LogP contribution in [0, 0.1) is 5.92 Å². The predicted octanol–water partition coefficient (Wildman–Crippen LogP) is 5.60. The van der Waals surface area contributed by atoms with Crippen LogP contribution < -0.4 is 20.9 Å². The van der Waals surface area contributed by atoms with Crippen LogP contribution in [-0.4, -0.2) is 83.0 Å². The summed E-state index contributed by atoms with van der Waals surface area (Å²) in [4.78, 5) is 43.5. The Kier molecular flexibility index (Phi) is 14.2. The molecule has 12 heteroatoms. The van der Waals surface area contributed by atoms with Crippen LogP contribution in [0.5, 0.6) is 11.5 Å². The number of amides is 1. The van der Waals surface area contributed by atoms with E-state index in [0.717, 1.165) is 38.0 Å². The first-order valence-corrected chi connectivity index (χ1v) is 20.7. The zero-order valence-electron chi connectivity index (χ0n) is 34.0. The predicted molar refractivity (Wildman–Crippen MR) is 233 cm³/mol. The number of aliphatic hydroxyl groups excluding tert-OH is 1. The van der Waals surface area contributed by atoms with Gasteiger partial charge in [-0.3, -0.25) is 14.5 Å². The number of hydrogen-bond donors (Lipinski definition) is 6. The molecule has 6 N–H and O–H groups in total. The van der Waals surface area contributed by atoms with Gasteiger partial charge in [0.1, 0.15) is 18.1 Å². The number of aliphatic hydroxyl groups is 2. The molecule has 6 aromatic rings. The van der Waals surface area contributed by atoms with E-state index in [1.54, 1.807) is 72.8 Å².